The molecule has 0 saturated heterocycles. The zero-order valence-electron chi connectivity index (χ0n) is 14.5. The molecule has 0 fully saturated rings. The smallest absolute Gasteiger partial charge is 0.226 e. The van der Waals surface area contributed by atoms with Crippen LogP contribution in [0.5, 0.6) is 11.5 Å². The number of anilines is 3. The molecule has 25 heavy (non-hydrogen) atoms. The van der Waals surface area contributed by atoms with Gasteiger partial charge in [0.25, 0.3) is 0 Å². The second-order valence-electron chi connectivity index (χ2n) is 6.02. The number of ether oxygens (including phenoxy) is 2. The van der Waals surface area contributed by atoms with E-state index in [2.05, 4.69) is 10.6 Å². The fourth-order valence-corrected chi connectivity index (χ4v) is 2.54. The van der Waals surface area contributed by atoms with E-state index in [4.69, 9.17) is 9.47 Å². The van der Waals surface area contributed by atoms with Crippen LogP contribution in [0.4, 0.5) is 17.1 Å². The minimum Gasteiger partial charge on any atom is -0.486 e. The van der Waals surface area contributed by atoms with Gasteiger partial charge in [0, 0.05) is 50.2 Å². The maximum atomic E-state index is 12.0. The summed E-state index contributed by atoms with van der Waals surface area (Å²) < 4.78 is 11.0. The van der Waals surface area contributed by atoms with Crippen LogP contribution in [0.3, 0.4) is 0 Å². The molecule has 1 aliphatic rings. The van der Waals surface area contributed by atoms with Crippen molar-refractivity contribution in [2.24, 2.45) is 0 Å². The van der Waals surface area contributed by atoms with Crippen molar-refractivity contribution in [3.8, 4) is 11.5 Å². The zero-order chi connectivity index (χ0) is 17.6. The van der Waals surface area contributed by atoms with Crippen LogP contribution >= 0.6 is 0 Å². The molecule has 0 spiro atoms. The fraction of sp³-hybridized carbons (Fsp3) is 0.316. The van der Waals surface area contributed by atoms with Gasteiger partial charge < -0.3 is 25.0 Å². The lowest BCUT2D eigenvalue weighted by Crippen LogP contribution is -2.17. The molecule has 6 nitrogen and oxygen atoms in total. The highest BCUT2D eigenvalue weighted by molar-refractivity contribution is 5.91. The first-order valence-corrected chi connectivity index (χ1v) is 8.32. The largest absolute Gasteiger partial charge is 0.486 e. The molecule has 6 heteroatoms. The highest BCUT2D eigenvalue weighted by Gasteiger charge is 2.11. The van der Waals surface area contributed by atoms with Crippen molar-refractivity contribution >= 4 is 23.0 Å². The number of rotatable bonds is 6. The van der Waals surface area contributed by atoms with Crippen LogP contribution in [0.2, 0.25) is 0 Å². The molecule has 132 valence electrons. The molecule has 0 bridgehead atoms. The number of nitrogens with one attached hydrogen (secondary N) is 2. The van der Waals surface area contributed by atoms with Gasteiger partial charge in [0.05, 0.1) is 0 Å². The molecule has 3 rings (SSSR count). The Labute approximate surface area is 147 Å². The SMILES string of the molecule is CN(C)c1ccc(NC(=O)CCNc2ccc3c(c2)OCCO3)cc1. The van der Waals surface area contributed by atoms with Gasteiger partial charge in [0.1, 0.15) is 13.2 Å². The molecule has 0 radical (unpaired) electrons. The Kier molecular flexibility index (Phi) is 5.28. The van der Waals surface area contributed by atoms with E-state index in [0.717, 1.165) is 28.6 Å². The molecule has 0 saturated carbocycles. The van der Waals surface area contributed by atoms with Crippen LogP contribution in [0.1, 0.15) is 6.42 Å². The third-order valence-electron chi connectivity index (χ3n) is 3.89. The Balaban J connectivity index is 1.46. The first kappa shape index (κ1) is 17.0. The predicted molar refractivity (Wildman–Crippen MR) is 99.9 cm³/mol. The van der Waals surface area contributed by atoms with Gasteiger partial charge in [-0.25, -0.2) is 0 Å². The third-order valence-corrected chi connectivity index (χ3v) is 3.89. The van der Waals surface area contributed by atoms with Crippen molar-refractivity contribution in [2.75, 3.05) is 49.4 Å². The predicted octanol–water partition coefficient (Wildman–Crippen LogP) is 2.96. The number of carbonyl (C=O) groups is 1. The topological polar surface area (TPSA) is 62.8 Å². The number of benzene rings is 2. The first-order chi connectivity index (χ1) is 12.1. The summed E-state index contributed by atoms with van der Waals surface area (Å²) in [5.41, 5.74) is 2.81. The average molecular weight is 341 g/mol. The lowest BCUT2D eigenvalue weighted by atomic mass is 10.2. The van der Waals surface area contributed by atoms with Crippen molar-refractivity contribution in [3.63, 3.8) is 0 Å². The lowest BCUT2D eigenvalue weighted by molar-refractivity contribution is -0.115. The van der Waals surface area contributed by atoms with Gasteiger partial charge in [-0.15, -0.1) is 0 Å². The average Bonchev–Trinajstić information content (AvgIpc) is 2.62. The van der Waals surface area contributed by atoms with Gasteiger partial charge in [0.2, 0.25) is 5.91 Å². The van der Waals surface area contributed by atoms with E-state index in [9.17, 15) is 4.79 Å². The van der Waals surface area contributed by atoms with Crippen LogP contribution < -0.4 is 25.0 Å². The van der Waals surface area contributed by atoms with Crippen molar-refractivity contribution < 1.29 is 14.3 Å². The standard InChI is InChI=1S/C19H23N3O3/c1-22(2)16-6-3-14(4-7-16)21-19(23)9-10-20-15-5-8-17-18(13-15)25-12-11-24-17/h3-8,13,20H,9-12H2,1-2H3,(H,21,23). The molecule has 1 aliphatic heterocycles. The summed E-state index contributed by atoms with van der Waals surface area (Å²) in [5, 5.41) is 6.13. The van der Waals surface area contributed by atoms with Crippen molar-refractivity contribution in [1.82, 2.24) is 0 Å². The van der Waals surface area contributed by atoms with Crippen molar-refractivity contribution in [1.29, 1.82) is 0 Å². The van der Waals surface area contributed by atoms with Gasteiger partial charge in [-0.1, -0.05) is 0 Å². The first-order valence-electron chi connectivity index (χ1n) is 8.32. The summed E-state index contributed by atoms with van der Waals surface area (Å²) in [7, 11) is 3.97. The minimum atomic E-state index is -0.0253. The summed E-state index contributed by atoms with van der Waals surface area (Å²) >= 11 is 0. The molecular weight excluding hydrogens is 318 g/mol. The second kappa shape index (κ2) is 7.79. The normalized spacial score (nSPS) is 12.4. The molecule has 0 atom stereocenters. The summed E-state index contributed by atoms with van der Waals surface area (Å²) in [6, 6.07) is 13.5. The quantitative estimate of drug-likeness (QED) is 0.846. The Morgan fingerprint density at radius 3 is 2.40 bits per heavy atom. The molecule has 2 N–H and O–H groups in total. The van der Waals surface area contributed by atoms with Crippen LogP contribution in [-0.2, 0) is 4.79 Å². The van der Waals surface area contributed by atoms with Crippen LogP contribution in [-0.4, -0.2) is 39.8 Å². The Bertz CT molecular complexity index is 729. The number of amides is 1. The fourth-order valence-electron chi connectivity index (χ4n) is 2.54. The zero-order valence-corrected chi connectivity index (χ0v) is 14.5. The molecule has 0 aromatic heterocycles. The summed E-state index contributed by atoms with van der Waals surface area (Å²) in [4.78, 5) is 14.1. The molecule has 0 aliphatic carbocycles. The van der Waals surface area contributed by atoms with Gasteiger partial charge in [-0.3, -0.25) is 4.79 Å². The van der Waals surface area contributed by atoms with E-state index >= 15 is 0 Å². The van der Waals surface area contributed by atoms with E-state index in [-0.39, 0.29) is 5.91 Å². The molecular formula is C19H23N3O3. The van der Waals surface area contributed by atoms with Crippen LogP contribution in [0, 0.1) is 0 Å². The monoisotopic (exact) mass is 341 g/mol. The minimum absolute atomic E-state index is 0.0253. The van der Waals surface area contributed by atoms with Gasteiger partial charge >= 0.3 is 0 Å². The molecule has 2 aromatic carbocycles. The summed E-state index contributed by atoms with van der Waals surface area (Å²) in [5.74, 6) is 1.47. The van der Waals surface area contributed by atoms with E-state index in [1.807, 2.05) is 61.5 Å². The number of carbonyl (C=O) groups excluding carboxylic acids is 1. The number of hydrogen-bond acceptors (Lipinski definition) is 5. The van der Waals surface area contributed by atoms with E-state index < -0.39 is 0 Å². The highest BCUT2D eigenvalue weighted by Crippen LogP contribution is 2.32. The Hall–Kier alpha value is -2.89. The van der Waals surface area contributed by atoms with Crippen molar-refractivity contribution in [2.45, 2.75) is 6.42 Å². The van der Waals surface area contributed by atoms with E-state index in [1.54, 1.807) is 0 Å². The molecule has 1 heterocycles. The third kappa shape index (κ3) is 4.56. The lowest BCUT2D eigenvalue weighted by Gasteiger charge is -2.19. The second-order valence-corrected chi connectivity index (χ2v) is 6.02. The Morgan fingerprint density at radius 1 is 1.00 bits per heavy atom. The van der Waals surface area contributed by atoms with Gasteiger partial charge in [-0.05, 0) is 36.4 Å². The Morgan fingerprint density at radius 2 is 1.68 bits per heavy atom. The maximum Gasteiger partial charge on any atom is 0.226 e. The maximum absolute atomic E-state index is 12.0. The summed E-state index contributed by atoms with van der Waals surface area (Å²) in [6.07, 6.45) is 0.379. The number of fused-ring (bicyclic) bond motifs is 1. The van der Waals surface area contributed by atoms with E-state index in [0.29, 0.717) is 26.2 Å². The summed E-state index contributed by atoms with van der Waals surface area (Å²) in [6.45, 7) is 1.68. The molecule has 0 unspecified atom stereocenters. The van der Waals surface area contributed by atoms with Crippen molar-refractivity contribution in [3.05, 3.63) is 42.5 Å². The number of nitrogens with zero attached hydrogens (tertiary/aromatic N) is 1. The molecule has 2 aromatic rings. The van der Waals surface area contributed by atoms with Crippen LogP contribution in [0.25, 0.3) is 0 Å². The van der Waals surface area contributed by atoms with E-state index in [1.165, 1.54) is 0 Å². The number of hydrogen-bond donors (Lipinski definition) is 2. The van der Waals surface area contributed by atoms with Gasteiger partial charge in [0.15, 0.2) is 11.5 Å². The van der Waals surface area contributed by atoms with Gasteiger partial charge in [-0.2, -0.15) is 0 Å². The molecule has 1 amide bonds. The highest BCUT2D eigenvalue weighted by atomic mass is 16.6. The van der Waals surface area contributed by atoms with Crippen LogP contribution in [0.15, 0.2) is 42.5 Å².